The van der Waals surface area contributed by atoms with Crippen molar-refractivity contribution in [2.45, 2.75) is 40.2 Å². The summed E-state index contributed by atoms with van der Waals surface area (Å²) >= 11 is 1.80. The van der Waals surface area contributed by atoms with E-state index in [0.29, 0.717) is 0 Å². The summed E-state index contributed by atoms with van der Waals surface area (Å²) in [4.78, 5) is 8.36. The van der Waals surface area contributed by atoms with E-state index in [9.17, 15) is 0 Å². The van der Waals surface area contributed by atoms with E-state index in [1.165, 1.54) is 21.8 Å². The van der Waals surface area contributed by atoms with Gasteiger partial charge < -0.3 is 10.2 Å². The summed E-state index contributed by atoms with van der Waals surface area (Å²) in [7, 11) is 2.09. The molecule has 0 aliphatic carbocycles. The molecule has 0 amide bonds. The van der Waals surface area contributed by atoms with E-state index < -0.39 is 0 Å². The molecule has 1 heterocycles. The van der Waals surface area contributed by atoms with Gasteiger partial charge in [0.05, 0.1) is 5.69 Å². The highest BCUT2D eigenvalue weighted by Crippen LogP contribution is 2.31. The van der Waals surface area contributed by atoms with Gasteiger partial charge in [0.2, 0.25) is 0 Å². The van der Waals surface area contributed by atoms with Gasteiger partial charge >= 0.3 is 0 Å². The third-order valence-electron chi connectivity index (χ3n) is 3.49. The van der Waals surface area contributed by atoms with Crippen molar-refractivity contribution < 1.29 is 0 Å². The number of nitrogens with one attached hydrogen (secondary N) is 1. The fourth-order valence-corrected chi connectivity index (χ4v) is 3.35. The molecular weight excluding hydrogens is 278 g/mol. The Kier molecular flexibility index (Phi) is 5.76. The SMILES string of the molecule is CCCNCc1sc(N(C)c2cccc(C)c2)nc1CC. The van der Waals surface area contributed by atoms with E-state index in [1.54, 1.807) is 11.3 Å². The molecule has 0 saturated heterocycles. The first-order chi connectivity index (χ1) is 10.2. The molecule has 1 aromatic heterocycles. The fourth-order valence-electron chi connectivity index (χ4n) is 2.25. The molecule has 1 N–H and O–H groups in total. The van der Waals surface area contributed by atoms with Crippen LogP contribution in [0, 0.1) is 6.92 Å². The molecule has 2 rings (SSSR count). The van der Waals surface area contributed by atoms with Crippen LogP contribution >= 0.6 is 11.3 Å². The Labute approximate surface area is 132 Å². The van der Waals surface area contributed by atoms with E-state index in [-0.39, 0.29) is 0 Å². The molecule has 2 aromatic rings. The van der Waals surface area contributed by atoms with Crippen molar-refractivity contribution in [3.05, 3.63) is 40.4 Å². The molecule has 21 heavy (non-hydrogen) atoms. The number of nitrogens with zero attached hydrogens (tertiary/aromatic N) is 2. The molecule has 114 valence electrons. The van der Waals surface area contributed by atoms with Crippen molar-refractivity contribution in [3.63, 3.8) is 0 Å². The number of aryl methyl sites for hydroxylation is 2. The van der Waals surface area contributed by atoms with Gasteiger partial charge in [-0.05, 0) is 44.0 Å². The smallest absolute Gasteiger partial charge is 0.190 e. The molecular formula is C17H25N3S. The summed E-state index contributed by atoms with van der Waals surface area (Å²) in [5.74, 6) is 0. The largest absolute Gasteiger partial charge is 0.321 e. The van der Waals surface area contributed by atoms with Gasteiger partial charge in [0.1, 0.15) is 0 Å². The van der Waals surface area contributed by atoms with Crippen molar-refractivity contribution in [2.24, 2.45) is 0 Å². The highest BCUT2D eigenvalue weighted by atomic mass is 32.1. The number of thiazole rings is 1. The molecule has 0 aliphatic rings. The number of aromatic nitrogens is 1. The minimum absolute atomic E-state index is 0.927. The highest BCUT2D eigenvalue weighted by Gasteiger charge is 2.13. The molecule has 0 aliphatic heterocycles. The van der Waals surface area contributed by atoms with Gasteiger partial charge in [-0.3, -0.25) is 0 Å². The van der Waals surface area contributed by atoms with Crippen molar-refractivity contribution in [1.82, 2.24) is 10.3 Å². The lowest BCUT2D eigenvalue weighted by Gasteiger charge is -2.16. The van der Waals surface area contributed by atoms with Crippen LogP contribution < -0.4 is 10.2 Å². The molecule has 0 bridgehead atoms. The zero-order valence-corrected chi connectivity index (χ0v) is 14.3. The number of hydrogen-bond acceptors (Lipinski definition) is 4. The number of anilines is 2. The van der Waals surface area contributed by atoms with Gasteiger partial charge in [0, 0.05) is 24.2 Å². The van der Waals surface area contributed by atoms with Crippen LogP contribution in [0.25, 0.3) is 0 Å². The number of benzene rings is 1. The normalized spacial score (nSPS) is 10.9. The molecule has 0 unspecified atom stereocenters. The predicted octanol–water partition coefficient (Wildman–Crippen LogP) is 4.28. The van der Waals surface area contributed by atoms with Crippen molar-refractivity contribution in [2.75, 3.05) is 18.5 Å². The third-order valence-corrected chi connectivity index (χ3v) is 4.66. The molecule has 0 atom stereocenters. The first-order valence-corrected chi connectivity index (χ1v) is 8.47. The summed E-state index contributed by atoms with van der Waals surface area (Å²) < 4.78 is 0. The molecule has 3 nitrogen and oxygen atoms in total. The Morgan fingerprint density at radius 3 is 2.76 bits per heavy atom. The lowest BCUT2D eigenvalue weighted by atomic mass is 10.2. The fraction of sp³-hybridized carbons (Fsp3) is 0.471. The average molecular weight is 303 g/mol. The lowest BCUT2D eigenvalue weighted by molar-refractivity contribution is 0.676. The van der Waals surface area contributed by atoms with Gasteiger partial charge in [-0.25, -0.2) is 4.98 Å². The third kappa shape index (κ3) is 4.05. The second-order valence-electron chi connectivity index (χ2n) is 5.29. The Bertz CT molecular complexity index is 577. The maximum Gasteiger partial charge on any atom is 0.190 e. The molecule has 0 radical (unpaired) electrons. The van der Waals surface area contributed by atoms with Crippen LogP contribution in [0.3, 0.4) is 0 Å². The van der Waals surface area contributed by atoms with Crippen LogP contribution in [-0.2, 0) is 13.0 Å². The summed E-state index contributed by atoms with van der Waals surface area (Å²) in [6, 6.07) is 8.55. The van der Waals surface area contributed by atoms with Crippen LogP contribution in [0.1, 0.15) is 36.4 Å². The van der Waals surface area contributed by atoms with Crippen LogP contribution in [0.5, 0.6) is 0 Å². The summed E-state index contributed by atoms with van der Waals surface area (Å²) in [5, 5.41) is 4.55. The lowest BCUT2D eigenvalue weighted by Crippen LogP contribution is -2.13. The van der Waals surface area contributed by atoms with E-state index >= 15 is 0 Å². The Hall–Kier alpha value is -1.39. The molecule has 0 fully saturated rings. The second kappa shape index (κ2) is 7.57. The van der Waals surface area contributed by atoms with Crippen LogP contribution in [0.2, 0.25) is 0 Å². The minimum Gasteiger partial charge on any atom is -0.321 e. The monoisotopic (exact) mass is 303 g/mol. The highest BCUT2D eigenvalue weighted by molar-refractivity contribution is 7.15. The zero-order chi connectivity index (χ0) is 15.2. The van der Waals surface area contributed by atoms with Gasteiger partial charge in [0.25, 0.3) is 0 Å². The van der Waals surface area contributed by atoms with E-state index in [0.717, 1.165) is 31.1 Å². The summed E-state index contributed by atoms with van der Waals surface area (Å²) in [5.41, 5.74) is 3.69. The topological polar surface area (TPSA) is 28.2 Å². The Balaban J connectivity index is 2.19. The first kappa shape index (κ1) is 16.0. The van der Waals surface area contributed by atoms with Gasteiger partial charge in [-0.1, -0.05) is 37.3 Å². The van der Waals surface area contributed by atoms with Crippen molar-refractivity contribution in [1.29, 1.82) is 0 Å². The van der Waals surface area contributed by atoms with Gasteiger partial charge in [-0.15, -0.1) is 0 Å². The summed E-state index contributed by atoms with van der Waals surface area (Å²) in [6.45, 7) is 8.48. The van der Waals surface area contributed by atoms with Gasteiger partial charge in [0.15, 0.2) is 5.13 Å². The Morgan fingerprint density at radius 2 is 2.10 bits per heavy atom. The quantitative estimate of drug-likeness (QED) is 0.774. The summed E-state index contributed by atoms with van der Waals surface area (Å²) in [6.07, 6.45) is 2.15. The molecule has 0 spiro atoms. The minimum atomic E-state index is 0.927. The molecule has 0 saturated carbocycles. The predicted molar refractivity (Wildman–Crippen MR) is 92.7 cm³/mol. The average Bonchev–Trinajstić information content (AvgIpc) is 2.90. The van der Waals surface area contributed by atoms with Crippen molar-refractivity contribution >= 4 is 22.2 Å². The van der Waals surface area contributed by atoms with E-state index in [1.807, 2.05) is 0 Å². The number of rotatable bonds is 7. The maximum atomic E-state index is 4.82. The van der Waals surface area contributed by atoms with E-state index in [2.05, 4.69) is 62.3 Å². The van der Waals surface area contributed by atoms with Crippen LogP contribution in [0.15, 0.2) is 24.3 Å². The van der Waals surface area contributed by atoms with E-state index in [4.69, 9.17) is 4.98 Å². The first-order valence-electron chi connectivity index (χ1n) is 7.65. The van der Waals surface area contributed by atoms with Crippen molar-refractivity contribution in [3.8, 4) is 0 Å². The van der Waals surface area contributed by atoms with Crippen LogP contribution in [-0.4, -0.2) is 18.6 Å². The second-order valence-corrected chi connectivity index (χ2v) is 6.36. The van der Waals surface area contributed by atoms with Crippen LogP contribution in [0.4, 0.5) is 10.8 Å². The molecule has 4 heteroatoms. The Morgan fingerprint density at radius 1 is 1.29 bits per heavy atom. The standard InChI is InChI=1S/C17H25N3S/c1-5-10-18-12-16-15(6-2)19-17(21-16)20(4)14-9-7-8-13(3)11-14/h7-9,11,18H,5-6,10,12H2,1-4H3. The van der Waals surface area contributed by atoms with Gasteiger partial charge in [-0.2, -0.15) is 0 Å². The maximum absolute atomic E-state index is 4.82. The zero-order valence-electron chi connectivity index (χ0n) is 13.4. The number of hydrogen-bond donors (Lipinski definition) is 1. The molecule has 1 aromatic carbocycles.